The number of alkyl halides is 1. The monoisotopic (exact) mass is 181 g/mol. The number of hydrogen-bond acceptors (Lipinski definition) is 0. The van der Waals surface area contributed by atoms with E-state index >= 15 is 0 Å². The van der Waals surface area contributed by atoms with Gasteiger partial charge in [0.15, 0.2) is 0 Å². The molecule has 1 rings (SSSR count). The van der Waals surface area contributed by atoms with Gasteiger partial charge >= 0.3 is 0 Å². The molecule has 0 nitrogen and oxygen atoms in total. The highest BCUT2D eigenvalue weighted by atomic mass is 35.5. The molecule has 2 unspecified atom stereocenters. The van der Waals surface area contributed by atoms with Crippen molar-refractivity contribution in [3.8, 4) is 0 Å². The van der Waals surface area contributed by atoms with Gasteiger partial charge in [-0.1, -0.05) is 37.3 Å². The average molecular weight is 182 g/mol. The molecular weight excluding hydrogens is 168 g/mol. The minimum Gasteiger partial charge on any atom is -0.122 e. The molecule has 0 aromatic heterocycles. The molecule has 2 atom stereocenters. The Bertz CT molecular complexity index is 218. The molecule has 0 amide bonds. The zero-order valence-electron chi connectivity index (χ0n) is 7.33. The minimum absolute atomic E-state index is 0.146. The van der Waals surface area contributed by atoms with Crippen LogP contribution in [-0.4, -0.2) is 5.38 Å². The fraction of sp³-hybridized carbons (Fsp3) is 0.364. The lowest BCUT2D eigenvalue weighted by Gasteiger charge is -2.15. The smallest absolute Gasteiger partial charge is 0.0402 e. The van der Waals surface area contributed by atoms with Crippen molar-refractivity contribution < 1.29 is 0 Å². The van der Waals surface area contributed by atoms with Crippen molar-refractivity contribution in [3.05, 3.63) is 42.8 Å². The van der Waals surface area contributed by atoms with Crippen LogP contribution in [0.2, 0.25) is 0 Å². The molecule has 0 fully saturated rings. The first kappa shape index (κ1) is 9.60. The molecule has 1 radical (unpaired) electrons. The minimum atomic E-state index is 0.146. The summed E-state index contributed by atoms with van der Waals surface area (Å²) in [6.45, 7) is 6.13. The number of benzene rings is 1. The summed E-state index contributed by atoms with van der Waals surface area (Å²) in [4.78, 5) is 0. The zero-order chi connectivity index (χ0) is 8.97. The summed E-state index contributed by atoms with van der Waals surface area (Å²) in [7, 11) is 0. The van der Waals surface area contributed by atoms with Crippen LogP contribution in [0.4, 0.5) is 0 Å². The Hall–Kier alpha value is -0.490. The van der Waals surface area contributed by atoms with E-state index < -0.39 is 0 Å². The quantitative estimate of drug-likeness (QED) is 0.625. The maximum Gasteiger partial charge on any atom is 0.0402 e. The van der Waals surface area contributed by atoms with Crippen LogP contribution in [0.25, 0.3) is 0 Å². The van der Waals surface area contributed by atoms with Crippen LogP contribution in [0, 0.1) is 6.92 Å². The third-order valence-electron chi connectivity index (χ3n) is 2.05. The lowest BCUT2D eigenvalue weighted by Crippen LogP contribution is -2.08. The maximum absolute atomic E-state index is 6.09. The molecule has 0 heterocycles. The number of hydrogen-bond donors (Lipinski definition) is 0. The molecule has 12 heavy (non-hydrogen) atoms. The van der Waals surface area contributed by atoms with Crippen molar-refractivity contribution in [3.63, 3.8) is 0 Å². The highest BCUT2D eigenvalue weighted by Crippen LogP contribution is 2.24. The molecule has 0 aliphatic carbocycles. The van der Waals surface area contributed by atoms with E-state index in [1.54, 1.807) is 0 Å². The standard InChI is InChI=1S/C11H14Cl/c1-3-11(12)9(2)10-7-5-4-6-8-10/h4-9,11H,2-3H2,1H3. The van der Waals surface area contributed by atoms with Crippen molar-refractivity contribution in [2.75, 3.05) is 0 Å². The van der Waals surface area contributed by atoms with Gasteiger partial charge in [-0.3, -0.25) is 0 Å². The second-order valence-corrected chi connectivity index (χ2v) is 3.50. The van der Waals surface area contributed by atoms with Crippen molar-refractivity contribution in [2.45, 2.75) is 24.6 Å². The van der Waals surface area contributed by atoms with E-state index in [0.717, 1.165) is 6.42 Å². The van der Waals surface area contributed by atoms with Crippen molar-refractivity contribution in [1.29, 1.82) is 0 Å². The third kappa shape index (κ3) is 2.25. The highest BCUT2D eigenvalue weighted by molar-refractivity contribution is 6.21. The van der Waals surface area contributed by atoms with Crippen LogP contribution in [0.1, 0.15) is 24.8 Å². The van der Waals surface area contributed by atoms with Gasteiger partial charge in [0.1, 0.15) is 0 Å². The third-order valence-corrected chi connectivity index (χ3v) is 2.67. The number of halogens is 1. The fourth-order valence-corrected chi connectivity index (χ4v) is 1.34. The van der Waals surface area contributed by atoms with Gasteiger partial charge in [-0.05, 0) is 18.9 Å². The van der Waals surface area contributed by atoms with Crippen molar-refractivity contribution in [2.24, 2.45) is 0 Å². The molecule has 0 aliphatic heterocycles. The maximum atomic E-state index is 6.09. The summed E-state index contributed by atoms with van der Waals surface area (Å²) in [5, 5.41) is 0.146. The molecule has 0 saturated carbocycles. The molecule has 1 heteroatoms. The fourth-order valence-electron chi connectivity index (χ4n) is 1.19. The van der Waals surface area contributed by atoms with Gasteiger partial charge in [0.25, 0.3) is 0 Å². The van der Waals surface area contributed by atoms with Crippen LogP contribution in [0.3, 0.4) is 0 Å². The van der Waals surface area contributed by atoms with E-state index in [9.17, 15) is 0 Å². The molecule has 0 N–H and O–H groups in total. The largest absolute Gasteiger partial charge is 0.122 e. The summed E-state index contributed by atoms with van der Waals surface area (Å²) < 4.78 is 0. The Balaban J connectivity index is 2.71. The van der Waals surface area contributed by atoms with Gasteiger partial charge in [0.05, 0.1) is 0 Å². The zero-order valence-corrected chi connectivity index (χ0v) is 8.09. The predicted molar refractivity (Wildman–Crippen MR) is 54.5 cm³/mol. The van der Waals surface area contributed by atoms with Crippen LogP contribution >= 0.6 is 11.6 Å². The van der Waals surface area contributed by atoms with Gasteiger partial charge in [-0.15, -0.1) is 11.6 Å². The Morgan fingerprint density at radius 1 is 1.33 bits per heavy atom. The molecule has 0 bridgehead atoms. The van der Waals surface area contributed by atoms with E-state index in [4.69, 9.17) is 11.6 Å². The van der Waals surface area contributed by atoms with E-state index in [2.05, 4.69) is 26.0 Å². The summed E-state index contributed by atoms with van der Waals surface area (Å²) in [6.07, 6.45) is 0.963. The molecule has 1 aromatic rings. The molecule has 65 valence electrons. The lowest BCUT2D eigenvalue weighted by atomic mass is 9.96. The van der Waals surface area contributed by atoms with E-state index in [1.807, 2.05) is 18.2 Å². The van der Waals surface area contributed by atoms with Crippen LogP contribution < -0.4 is 0 Å². The summed E-state index contributed by atoms with van der Waals surface area (Å²) in [5.41, 5.74) is 1.22. The van der Waals surface area contributed by atoms with Gasteiger partial charge in [-0.25, -0.2) is 0 Å². The molecular formula is C11H14Cl. The summed E-state index contributed by atoms with van der Waals surface area (Å²) >= 11 is 6.09. The van der Waals surface area contributed by atoms with Gasteiger partial charge in [0.2, 0.25) is 0 Å². The first-order chi connectivity index (χ1) is 5.75. The highest BCUT2D eigenvalue weighted by Gasteiger charge is 2.13. The first-order valence-corrected chi connectivity index (χ1v) is 4.71. The van der Waals surface area contributed by atoms with E-state index in [1.165, 1.54) is 5.56 Å². The van der Waals surface area contributed by atoms with Crippen LogP contribution in [0.15, 0.2) is 30.3 Å². The molecule has 0 aliphatic rings. The lowest BCUT2D eigenvalue weighted by molar-refractivity contribution is 0.725. The Morgan fingerprint density at radius 3 is 2.42 bits per heavy atom. The van der Waals surface area contributed by atoms with E-state index in [-0.39, 0.29) is 11.3 Å². The Labute approximate surface area is 79.6 Å². The normalized spacial score (nSPS) is 15.6. The Kier molecular flexibility index (Phi) is 3.61. The Morgan fingerprint density at radius 2 is 1.92 bits per heavy atom. The van der Waals surface area contributed by atoms with E-state index in [0.29, 0.717) is 0 Å². The number of rotatable bonds is 3. The van der Waals surface area contributed by atoms with Gasteiger partial charge in [-0.2, -0.15) is 0 Å². The topological polar surface area (TPSA) is 0 Å². The second kappa shape index (κ2) is 4.51. The average Bonchev–Trinajstić information content (AvgIpc) is 2.17. The van der Waals surface area contributed by atoms with Crippen molar-refractivity contribution in [1.82, 2.24) is 0 Å². The van der Waals surface area contributed by atoms with Gasteiger partial charge in [0, 0.05) is 11.3 Å². The van der Waals surface area contributed by atoms with Gasteiger partial charge < -0.3 is 0 Å². The summed E-state index contributed by atoms with van der Waals surface area (Å²) in [6, 6.07) is 10.2. The molecule has 0 saturated heterocycles. The second-order valence-electron chi connectivity index (χ2n) is 2.94. The summed E-state index contributed by atoms with van der Waals surface area (Å²) in [5.74, 6) is 0.206. The van der Waals surface area contributed by atoms with Crippen molar-refractivity contribution >= 4 is 11.6 Å². The van der Waals surface area contributed by atoms with Crippen LogP contribution in [0.5, 0.6) is 0 Å². The first-order valence-electron chi connectivity index (χ1n) is 4.27. The molecule has 1 aromatic carbocycles. The molecule has 0 spiro atoms. The predicted octanol–water partition coefficient (Wildman–Crippen LogP) is 3.62. The van der Waals surface area contributed by atoms with Crippen LogP contribution in [-0.2, 0) is 0 Å². The SMILES string of the molecule is [CH2]C(c1ccccc1)C(Cl)CC.